The average Bonchev–Trinajstić information content (AvgIpc) is 2.65. The number of rotatable bonds is 8. The predicted molar refractivity (Wildman–Crippen MR) is 98.6 cm³/mol. The maximum absolute atomic E-state index is 12.3. The summed E-state index contributed by atoms with van der Waals surface area (Å²) in [6.45, 7) is 3.95. The van der Waals surface area contributed by atoms with Gasteiger partial charge in [0, 0.05) is 13.0 Å². The highest BCUT2D eigenvalue weighted by molar-refractivity contribution is 5.86. The van der Waals surface area contributed by atoms with Crippen LogP contribution in [0.15, 0.2) is 67.3 Å². The Morgan fingerprint density at radius 2 is 1.85 bits per heavy atom. The number of phenolic OH excluding ortho intramolecular Hbond substituents is 1. The highest BCUT2D eigenvalue weighted by atomic mass is 16.5. The number of phenols is 1. The van der Waals surface area contributed by atoms with Gasteiger partial charge >= 0.3 is 6.09 Å². The van der Waals surface area contributed by atoms with E-state index in [0.717, 1.165) is 5.56 Å². The Hall–Kier alpha value is -3.28. The summed E-state index contributed by atoms with van der Waals surface area (Å²) in [5, 5.41) is 14.8. The quantitative estimate of drug-likeness (QED) is 0.636. The Balaban J connectivity index is 1.99. The zero-order chi connectivity index (χ0) is 18.8. The van der Waals surface area contributed by atoms with Crippen LogP contribution >= 0.6 is 0 Å². The highest BCUT2D eigenvalue weighted by Gasteiger charge is 2.21. The Morgan fingerprint density at radius 1 is 1.12 bits per heavy atom. The topological polar surface area (TPSA) is 87.7 Å². The minimum atomic E-state index is -0.833. The van der Waals surface area contributed by atoms with Crippen molar-refractivity contribution < 1.29 is 19.4 Å². The van der Waals surface area contributed by atoms with E-state index in [0.29, 0.717) is 5.56 Å². The molecule has 6 heteroatoms. The molecule has 0 saturated carbocycles. The number of ether oxygens (including phenoxy) is 1. The van der Waals surface area contributed by atoms with Crippen LogP contribution in [0.3, 0.4) is 0 Å². The van der Waals surface area contributed by atoms with Crippen LogP contribution in [0.5, 0.6) is 5.75 Å². The van der Waals surface area contributed by atoms with Crippen molar-refractivity contribution >= 4 is 12.0 Å². The first-order valence-corrected chi connectivity index (χ1v) is 8.22. The Labute approximate surface area is 152 Å². The van der Waals surface area contributed by atoms with Crippen molar-refractivity contribution in [2.45, 2.75) is 19.1 Å². The number of benzene rings is 2. The minimum Gasteiger partial charge on any atom is -0.508 e. The summed E-state index contributed by atoms with van der Waals surface area (Å²) >= 11 is 0. The molecule has 0 unspecified atom stereocenters. The van der Waals surface area contributed by atoms with E-state index in [4.69, 9.17) is 4.74 Å². The van der Waals surface area contributed by atoms with Crippen LogP contribution in [0.25, 0.3) is 0 Å². The molecule has 2 aromatic carbocycles. The molecule has 6 nitrogen and oxygen atoms in total. The molecule has 0 aliphatic rings. The van der Waals surface area contributed by atoms with Crippen LogP contribution in [0.4, 0.5) is 4.79 Å². The van der Waals surface area contributed by atoms with Crippen LogP contribution in [0.1, 0.15) is 11.1 Å². The molecule has 3 N–H and O–H groups in total. The summed E-state index contributed by atoms with van der Waals surface area (Å²) in [6, 6.07) is 15.0. The smallest absolute Gasteiger partial charge is 0.408 e. The zero-order valence-corrected chi connectivity index (χ0v) is 14.4. The number of hydrogen-bond acceptors (Lipinski definition) is 4. The Bertz CT molecular complexity index is 746. The van der Waals surface area contributed by atoms with Crippen molar-refractivity contribution in [2.75, 3.05) is 6.54 Å². The number of aromatic hydroxyl groups is 1. The van der Waals surface area contributed by atoms with Gasteiger partial charge in [0.1, 0.15) is 18.4 Å². The molecule has 0 fully saturated rings. The number of hydrogen-bond donors (Lipinski definition) is 3. The molecule has 0 spiro atoms. The second-order valence-corrected chi connectivity index (χ2v) is 5.67. The van der Waals surface area contributed by atoms with Crippen molar-refractivity contribution in [3.8, 4) is 5.75 Å². The summed E-state index contributed by atoms with van der Waals surface area (Å²) in [6.07, 6.45) is 1.09. The molecule has 0 bridgehead atoms. The van der Waals surface area contributed by atoms with Gasteiger partial charge in [-0.25, -0.2) is 4.79 Å². The van der Waals surface area contributed by atoms with Gasteiger partial charge in [-0.1, -0.05) is 48.5 Å². The lowest BCUT2D eigenvalue weighted by molar-refractivity contribution is -0.122. The predicted octanol–water partition coefficient (Wildman–Crippen LogP) is 2.53. The third-order valence-corrected chi connectivity index (χ3v) is 3.59. The van der Waals surface area contributed by atoms with Crippen LogP contribution in [-0.2, 0) is 22.6 Å². The van der Waals surface area contributed by atoms with Crippen molar-refractivity contribution in [3.05, 3.63) is 78.4 Å². The van der Waals surface area contributed by atoms with Crippen molar-refractivity contribution in [2.24, 2.45) is 0 Å². The van der Waals surface area contributed by atoms with Gasteiger partial charge < -0.3 is 20.5 Å². The number of carbonyl (C=O) groups excluding carboxylic acids is 2. The molecule has 0 saturated heterocycles. The van der Waals surface area contributed by atoms with Crippen LogP contribution in [-0.4, -0.2) is 29.7 Å². The third kappa shape index (κ3) is 6.32. The number of carbonyl (C=O) groups is 2. The number of amides is 2. The van der Waals surface area contributed by atoms with Crippen molar-refractivity contribution in [1.29, 1.82) is 0 Å². The molecule has 1 atom stereocenters. The summed E-state index contributed by atoms with van der Waals surface area (Å²) in [4.78, 5) is 24.4. The second-order valence-electron chi connectivity index (χ2n) is 5.67. The fourth-order valence-corrected chi connectivity index (χ4v) is 2.33. The molecule has 0 aliphatic heterocycles. The molecule has 2 amide bonds. The first kappa shape index (κ1) is 19.1. The molecule has 0 aliphatic carbocycles. The summed E-state index contributed by atoms with van der Waals surface area (Å²) in [7, 11) is 0. The van der Waals surface area contributed by atoms with Gasteiger partial charge in [0.15, 0.2) is 0 Å². The number of nitrogens with one attached hydrogen (secondary N) is 2. The Morgan fingerprint density at radius 3 is 2.54 bits per heavy atom. The van der Waals surface area contributed by atoms with E-state index in [1.54, 1.807) is 24.3 Å². The lowest BCUT2D eigenvalue weighted by Gasteiger charge is -2.18. The molecular weight excluding hydrogens is 332 g/mol. The van der Waals surface area contributed by atoms with E-state index < -0.39 is 12.1 Å². The van der Waals surface area contributed by atoms with E-state index in [1.165, 1.54) is 6.07 Å². The van der Waals surface area contributed by atoms with Gasteiger partial charge in [-0.2, -0.15) is 0 Å². The molecular formula is C20H22N2O4. The lowest BCUT2D eigenvalue weighted by atomic mass is 10.1. The first-order valence-electron chi connectivity index (χ1n) is 8.22. The fraction of sp³-hybridized carbons (Fsp3) is 0.200. The Kier molecular flexibility index (Phi) is 7.24. The second kappa shape index (κ2) is 9.88. The van der Waals surface area contributed by atoms with Gasteiger partial charge in [-0.3, -0.25) is 4.79 Å². The molecule has 2 aromatic rings. The van der Waals surface area contributed by atoms with Gasteiger partial charge in [-0.15, -0.1) is 6.58 Å². The molecule has 2 rings (SSSR count). The maximum Gasteiger partial charge on any atom is 0.408 e. The van der Waals surface area contributed by atoms with Crippen LogP contribution in [0.2, 0.25) is 0 Å². The van der Waals surface area contributed by atoms with Gasteiger partial charge in [-0.05, 0) is 23.3 Å². The van der Waals surface area contributed by atoms with Crippen LogP contribution in [0, 0.1) is 0 Å². The largest absolute Gasteiger partial charge is 0.508 e. The zero-order valence-electron chi connectivity index (χ0n) is 14.4. The van der Waals surface area contributed by atoms with Gasteiger partial charge in [0.2, 0.25) is 5.91 Å². The molecule has 0 heterocycles. The van der Waals surface area contributed by atoms with Gasteiger partial charge in [0.25, 0.3) is 0 Å². The van der Waals surface area contributed by atoms with Crippen molar-refractivity contribution in [1.82, 2.24) is 10.6 Å². The van der Waals surface area contributed by atoms with E-state index >= 15 is 0 Å². The molecule has 136 valence electrons. The first-order chi connectivity index (χ1) is 12.6. The normalized spacial score (nSPS) is 11.2. The van der Waals surface area contributed by atoms with E-state index in [-0.39, 0.29) is 31.2 Å². The van der Waals surface area contributed by atoms with E-state index in [9.17, 15) is 14.7 Å². The average molecular weight is 354 g/mol. The van der Waals surface area contributed by atoms with E-state index in [1.807, 2.05) is 30.3 Å². The standard InChI is InChI=1S/C20H22N2O4/c1-2-11-21-19(24)18(13-16-9-6-10-17(23)12-16)22-20(25)26-14-15-7-4-3-5-8-15/h2-10,12,18,23H,1,11,13-14H2,(H,21,24)(H,22,25)/t18-/m0/s1. The molecule has 0 radical (unpaired) electrons. The SMILES string of the molecule is C=CCNC(=O)[C@H](Cc1cccc(O)c1)NC(=O)OCc1ccccc1. The van der Waals surface area contributed by atoms with Crippen molar-refractivity contribution in [3.63, 3.8) is 0 Å². The lowest BCUT2D eigenvalue weighted by Crippen LogP contribution is -2.48. The van der Waals surface area contributed by atoms with E-state index in [2.05, 4.69) is 17.2 Å². The van der Waals surface area contributed by atoms with Gasteiger partial charge in [0.05, 0.1) is 0 Å². The summed E-state index contributed by atoms with van der Waals surface area (Å²) < 4.78 is 5.18. The highest BCUT2D eigenvalue weighted by Crippen LogP contribution is 2.13. The maximum atomic E-state index is 12.3. The summed E-state index contributed by atoms with van der Waals surface area (Å²) in [5.74, 6) is -0.260. The summed E-state index contributed by atoms with van der Waals surface area (Å²) in [5.41, 5.74) is 1.57. The monoisotopic (exact) mass is 354 g/mol. The third-order valence-electron chi connectivity index (χ3n) is 3.59. The molecule has 26 heavy (non-hydrogen) atoms. The molecule has 0 aromatic heterocycles. The number of alkyl carbamates (subject to hydrolysis) is 1. The van der Waals surface area contributed by atoms with Crippen LogP contribution < -0.4 is 10.6 Å². The minimum absolute atomic E-state index is 0.0967. The fourth-order valence-electron chi connectivity index (χ4n) is 2.33.